The number of nitrogens with two attached hydrogens (primary N) is 1. The molecule has 0 aliphatic rings. The van der Waals surface area contributed by atoms with Crippen LogP contribution in [0.3, 0.4) is 0 Å². The topological polar surface area (TPSA) is 39.2 Å². The summed E-state index contributed by atoms with van der Waals surface area (Å²) in [5.41, 5.74) is 9.51. The maximum absolute atomic E-state index is 14.1. The van der Waals surface area contributed by atoms with Gasteiger partial charge in [0.2, 0.25) is 0 Å². The first-order valence-electron chi connectivity index (χ1n) is 6.67. The van der Waals surface area contributed by atoms with Crippen molar-refractivity contribution in [2.75, 3.05) is 0 Å². The molecule has 0 bridgehead atoms. The normalized spacial score (nSPS) is 12.8. The lowest BCUT2D eigenvalue weighted by molar-refractivity contribution is 0.506. The van der Waals surface area contributed by atoms with E-state index in [4.69, 9.17) is 10.2 Å². The highest BCUT2D eigenvalue weighted by atomic mass is 79.9. The van der Waals surface area contributed by atoms with Gasteiger partial charge in [-0.05, 0) is 37.6 Å². The van der Waals surface area contributed by atoms with Gasteiger partial charge in [0.15, 0.2) is 0 Å². The fourth-order valence-corrected chi connectivity index (χ4v) is 2.88. The third kappa shape index (κ3) is 2.49. The second kappa shape index (κ2) is 5.28. The second-order valence-corrected chi connectivity index (χ2v) is 6.15. The summed E-state index contributed by atoms with van der Waals surface area (Å²) in [7, 11) is 0. The predicted octanol–water partition coefficient (Wildman–Crippen LogP) is 5.00. The maximum atomic E-state index is 14.1. The van der Waals surface area contributed by atoms with Crippen molar-refractivity contribution in [1.29, 1.82) is 0 Å². The SMILES string of the molecule is Cc1ccc2c(C)c(C(N)c3ccc(Br)cc3F)oc2c1. The number of hydrogen-bond acceptors (Lipinski definition) is 2. The minimum absolute atomic E-state index is 0.340. The molecule has 3 rings (SSSR count). The molecule has 0 fully saturated rings. The minimum atomic E-state index is -0.620. The van der Waals surface area contributed by atoms with E-state index in [1.807, 2.05) is 32.0 Å². The van der Waals surface area contributed by atoms with E-state index in [0.717, 1.165) is 22.1 Å². The van der Waals surface area contributed by atoms with Crippen molar-refractivity contribution in [3.05, 3.63) is 69.1 Å². The molecular weight excluding hydrogens is 333 g/mol. The van der Waals surface area contributed by atoms with E-state index >= 15 is 0 Å². The number of rotatable bonds is 2. The quantitative estimate of drug-likeness (QED) is 0.708. The lowest BCUT2D eigenvalue weighted by atomic mass is 10.0. The summed E-state index contributed by atoms with van der Waals surface area (Å²) >= 11 is 3.25. The summed E-state index contributed by atoms with van der Waals surface area (Å²) in [6, 6.07) is 10.3. The van der Waals surface area contributed by atoms with Crippen molar-refractivity contribution in [3.63, 3.8) is 0 Å². The Bertz CT molecular complexity index is 825. The fourth-order valence-electron chi connectivity index (χ4n) is 2.54. The maximum Gasteiger partial charge on any atom is 0.134 e. The molecule has 2 nitrogen and oxygen atoms in total. The second-order valence-electron chi connectivity index (χ2n) is 5.23. The Hall–Kier alpha value is -1.65. The van der Waals surface area contributed by atoms with Crippen LogP contribution in [0.5, 0.6) is 0 Å². The van der Waals surface area contributed by atoms with Gasteiger partial charge in [-0.2, -0.15) is 0 Å². The summed E-state index contributed by atoms with van der Waals surface area (Å²) in [6.45, 7) is 3.96. The van der Waals surface area contributed by atoms with Gasteiger partial charge in [0.05, 0.1) is 6.04 Å². The molecule has 2 aromatic carbocycles. The lowest BCUT2D eigenvalue weighted by Crippen LogP contribution is -2.13. The van der Waals surface area contributed by atoms with Crippen molar-refractivity contribution in [1.82, 2.24) is 0 Å². The average molecular weight is 348 g/mol. The van der Waals surface area contributed by atoms with E-state index in [1.165, 1.54) is 6.07 Å². The van der Waals surface area contributed by atoms with Crippen LogP contribution in [0.4, 0.5) is 4.39 Å². The lowest BCUT2D eigenvalue weighted by Gasteiger charge is -2.11. The van der Waals surface area contributed by atoms with Crippen LogP contribution < -0.4 is 5.73 Å². The molecule has 0 saturated carbocycles. The van der Waals surface area contributed by atoms with Gasteiger partial charge < -0.3 is 10.2 Å². The fraction of sp³-hybridized carbons (Fsp3) is 0.176. The van der Waals surface area contributed by atoms with Crippen molar-refractivity contribution in [2.24, 2.45) is 5.73 Å². The van der Waals surface area contributed by atoms with Gasteiger partial charge >= 0.3 is 0 Å². The van der Waals surface area contributed by atoms with Crippen LogP contribution in [0.25, 0.3) is 11.0 Å². The molecule has 1 heterocycles. The molecule has 108 valence electrons. The molecule has 21 heavy (non-hydrogen) atoms. The Kier molecular flexibility index (Phi) is 3.59. The van der Waals surface area contributed by atoms with Crippen LogP contribution in [0, 0.1) is 19.7 Å². The zero-order chi connectivity index (χ0) is 15.1. The standard InChI is InChI=1S/C17H15BrFNO/c1-9-3-5-12-10(2)17(21-15(12)7-9)16(20)13-6-4-11(18)8-14(13)19/h3-8,16H,20H2,1-2H3. The Morgan fingerprint density at radius 2 is 1.90 bits per heavy atom. The van der Waals surface area contributed by atoms with Crippen molar-refractivity contribution in [3.8, 4) is 0 Å². The zero-order valence-electron chi connectivity index (χ0n) is 11.8. The smallest absolute Gasteiger partial charge is 0.134 e. The van der Waals surface area contributed by atoms with Gasteiger partial charge in [-0.15, -0.1) is 0 Å². The summed E-state index contributed by atoms with van der Waals surface area (Å²) in [5, 5.41) is 1.02. The third-order valence-corrected chi connectivity index (χ3v) is 4.20. The van der Waals surface area contributed by atoms with E-state index in [-0.39, 0.29) is 5.82 Å². The van der Waals surface area contributed by atoms with Gasteiger partial charge in [-0.25, -0.2) is 4.39 Å². The zero-order valence-corrected chi connectivity index (χ0v) is 13.4. The monoisotopic (exact) mass is 347 g/mol. The first-order valence-corrected chi connectivity index (χ1v) is 7.47. The van der Waals surface area contributed by atoms with Crippen LogP contribution in [0.15, 0.2) is 45.3 Å². The van der Waals surface area contributed by atoms with Crippen LogP contribution >= 0.6 is 15.9 Å². The minimum Gasteiger partial charge on any atom is -0.459 e. The van der Waals surface area contributed by atoms with Crippen LogP contribution in [-0.4, -0.2) is 0 Å². The average Bonchev–Trinajstić information content (AvgIpc) is 2.75. The molecule has 0 radical (unpaired) electrons. The van der Waals surface area contributed by atoms with Gasteiger partial charge in [0.25, 0.3) is 0 Å². The number of furan rings is 1. The summed E-state index contributed by atoms with van der Waals surface area (Å²) in [6.07, 6.45) is 0. The van der Waals surface area contributed by atoms with E-state index in [0.29, 0.717) is 15.8 Å². The Labute approximate surface area is 130 Å². The molecule has 1 aromatic heterocycles. The predicted molar refractivity (Wildman–Crippen MR) is 85.8 cm³/mol. The molecular formula is C17H15BrFNO. The Morgan fingerprint density at radius 3 is 2.62 bits per heavy atom. The molecule has 0 aliphatic carbocycles. The van der Waals surface area contributed by atoms with E-state index in [9.17, 15) is 4.39 Å². The Balaban J connectivity index is 2.13. The molecule has 0 aliphatic heterocycles. The number of halogens is 2. The van der Waals surface area contributed by atoms with Gasteiger partial charge in [-0.3, -0.25) is 0 Å². The van der Waals surface area contributed by atoms with E-state index < -0.39 is 6.04 Å². The molecule has 1 unspecified atom stereocenters. The van der Waals surface area contributed by atoms with Crippen molar-refractivity contribution in [2.45, 2.75) is 19.9 Å². The first-order chi connectivity index (χ1) is 9.97. The number of hydrogen-bond donors (Lipinski definition) is 1. The van der Waals surface area contributed by atoms with E-state index in [1.54, 1.807) is 12.1 Å². The molecule has 2 N–H and O–H groups in total. The molecule has 0 amide bonds. The molecule has 1 atom stereocenters. The van der Waals surface area contributed by atoms with Crippen molar-refractivity contribution >= 4 is 26.9 Å². The highest BCUT2D eigenvalue weighted by molar-refractivity contribution is 9.10. The first kappa shape index (κ1) is 14.3. The van der Waals surface area contributed by atoms with Crippen LogP contribution in [0.2, 0.25) is 0 Å². The Morgan fingerprint density at radius 1 is 1.14 bits per heavy atom. The number of fused-ring (bicyclic) bond motifs is 1. The highest BCUT2D eigenvalue weighted by Crippen LogP contribution is 2.33. The summed E-state index contributed by atoms with van der Waals surface area (Å²) < 4.78 is 20.7. The number of aryl methyl sites for hydroxylation is 2. The third-order valence-electron chi connectivity index (χ3n) is 3.71. The highest BCUT2D eigenvalue weighted by Gasteiger charge is 2.21. The largest absolute Gasteiger partial charge is 0.459 e. The van der Waals surface area contributed by atoms with Crippen LogP contribution in [-0.2, 0) is 0 Å². The van der Waals surface area contributed by atoms with E-state index in [2.05, 4.69) is 15.9 Å². The molecule has 4 heteroatoms. The molecule has 0 saturated heterocycles. The van der Waals surface area contributed by atoms with Gasteiger partial charge in [0, 0.05) is 21.0 Å². The van der Waals surface area contributed by atoms with Crippen molar-refractivity contribution < 1.29 is 8.81 Å². The number of benzene rings is 2. The molecule has 3 aromatic rings. The summed E-state index contributed by atoms with van der Waals surface area (Å²) in [4.78, 5) is 0. The summed E-state index contributed by atoms with van der Waals surface area (Å²) in [5.74, 6) is 0.268. The van der Waals surface area contributed by atoms with Gasteiger partial charge in [-0.1, -0.05) is 34.1 Å². The molecule has 0 spiro atoms. The van der Waals surface area contributed by atoms with Gasteiger partial charge in [0.1, 0.15) is 17.2 Å². The van der Waals surface area contributed by atoms with Crippen LogP contribution in [0.1, 0.15) is 28.5 Å².